The number of hydrogen-bond acceptors (Lipinski definition) is 4. The molecule has 0 radical (unpaired) electrons. The van der Waals surface area contributed by atoms with Gasteiger partial charge in [-0.1, -0.05) is 29.8 Å². The van der Waals surface area contributed by atoms with E-state index in [2.05, 4.69) is 15.4 Å². The highest BCUT2D eigenvalue weighted by Crippen LogP contribution is 2.26. The Labute approximate surface area is 152 Å². The molecule has 0 saturated carbocycles. The molecule has 3 aromatic rings. The summed E-state index contributed by atoms with van der Waals surface area (Å²) in [5.74, 6) is 0.653. The van der Waals surface area contributed by atoms with Crippen LogP contribution in [0.1, 0.15) is 40.0 Å². The molecule has 0 aliphatic heterocycles. The number of carbonyl (C=O) groups is 1. The number of nitrogens with zero attached hydrogens (tertiary/aromatic N) is 3. The highest BCUT2D eigenvalue weighted by Gasteiger charge is 2.15. The molecule has 3 rings (SSSR count). The highest BCUT2D eigenvalue weighted by molar-refractivity contribution is 5.94. The third kappa shape index (κ3) is 4.08. The Hall–Kier alpha value is -3.15. The van der Waals surface area contributed by atoms with Crippen molar-refractivity contribution in [2.75, 3.05) is 7.11 Å². The minimum Gasteiger partial charge on any atom is -0.496 e. The van der Waals surface area contributed by atoms with Crippen LogP contribution in [0.4, 0.5) is 0 Å². The van der Waals surface area contributed by atoms with Gasteiger partial charge in [0.2, 0.25) is 0 Å². The lowest BCUT2D eigenvalue weighted by molar-refractivity contribution is 0.0939. The molecule has 1 atom stereocenters. The third-order valence-corrected chi connectivity index (χ3v) is 4.23. The first kappa shape index (κ1) is 17.7. The second kappa shape index (κ2) is 7.82. The van der Waals surface area contributed by atoms with Crippen LogP contribution in [0.3, 0.4) is 0 Å². The lowest BCUT2D eigenvalue weighted by atomic mass is 10.0. The summed E-state index contributed by atoms with van der Waals surface area (Å²) in [6.07, 6.45) is 3.17. The molecule has 1 aromatic heterocycles. The van der Waals surface area contributed by atoms with E-state index in [1.165, 1.54) is 6.33 Å². The molecule has 26 heavy (non-hydrogen) atoms. The van der Waals surface area contributed by atoms with Crippen LogP contribution in [-0.2, 0) is 6.54 Å². The summed E-state index contributed by atoms with van der Waals surface area (Å²) in [5.41, 5.74) is 3.76. The summed E-state index contributed by atoms with van der Waals surface area (Å²) in [4.78, 5) is 16.5. The van der Waals surface area contributed by atoms with Gasteiger partial charge in [-0.15, -0.1) is 0 Å². The monoisotopic (exact) mass is 350 g/mol. The zero-order chi connectivity index (χ0) is 18.5. The van der Waals surface area contributed by atoms with Gasteiger partial charge in [0.05, 0.1) is 19.7 Å². The summed E-state index contributed by atoms with van der Waals surface area (Å²) in [6, 6.07) is 13.3. The average molecular weight is 350 g/mol. The predicted molar refractivity (Wildman–Crippen MR) is 99.2 cm³/mol. The van der Waals surface area contributed by atoms with E-state index < -0.39 is 0 Å². The molecular weight excluding hydrogens is 328 g/mol. The Morgan fingerprint density at radius 3 is 2.65 bits per heavy atom. The number of benzene rings is 2. The minimum absolute atomic E-state index is 0.117. The standard InChI is InChI=1S/C20H22N4O2/c1-14-4-9-19(26-3)18(10-14)15(2)23-20(25)17-7-5-16(6-8-17)11-24-13-21-12-22-24/h4-10,12-13,15H,11H2,1-3H3,(H,23,25)/t15-/m1/s1. The Bertz CT molecular complexity index is 873. The zero-order valence-corrected chi connectivity index (χ0v) is 15.1. The Morgan fingerprint density at radius 1 is 1.23 bits per heavy atom. The first-order valence-corrected chi connectivity index (χ1v) is 8.43. The first-order chi connectivity index (χ1) is 12.6. The quantitative estimate of drug-likeness (QED) is 0.741. The summed E-state index contributed by atoms with van der Waals surface area (Å²) < 4.78 is 7.15. The van der Waals surface area contributed by atoms with Crippen LogP contribution in [0.2, 0.25) is 0 Å². The minimum atomic E-state index is -0.160. The van der Waals surface area contributed by atoms with Gasteiger partial charge in [0.25, 0.3) is 5.91 Å². The highest BCUT2D eigenvalue weighted by atomic mass is 16.5. The van der Waals surface area contributed by atoms with Gasteiger partial charge in [-0.2, -0.15) is 5.10 Å². The summed E-state index contributed by atoms with van der Waals surface area (Å²) in [6.45, 7) is 4.60. The molecule has 0 spiro atoms. The maximum atomic E-state index is 12.6. The SMILES string of the molecule is COc1ccc(C)cc1[C@@H](C)NC(=O)c1ccc(Cn2cncn2)cc1. The van der Waals surface area contributed by atoms with Crippen LogP contribution in [0, 0.1) is 6.92 Å². The molecule has 1 heterocycles. The number of methoxy groups -OCH3 is 1. The molecule has 1 amide bonds. The predicted octanol–water partition coefficient (Wildman–Crippen LogP) is 3.13. The number of aryl methyl sites for hydroxylation is 1. The fourth-order valence-corrected chi connectivity index (χ4v) is 2.81. The molecule has 134 valence electrons. The molecule has 0 fully saturated rings. The van der Waals surface area contributed by atoms with Crippen molar-refractivity contribution in [3.8, 4) is 5.75 Å². The van der Waals surface area contributed by atoms with E-state index in [0.717, 1.165) is 22.4 Å². The van der Waals surface area contributed by atoms with E-state index in [1.807, 2.05) is 56.3 Å². The van der Waals surface area contributed by atoms with Crippen LogP contribution in [-0.4, -0.2) is 27.8 Å². The largest absolute Gasteiger partial charge is 0.496 e. The van der Waals surface area contributed by atoms with Gasteiger partial charge in [0.15, 0.2) is 0 Å². The summed E-state index contributed by atoms with van der Waals surface area (Å²) in [7, 11) is 1.64. The van der Waals surface area contributed by atoms with Crippen molar-refractivity contribution in [3.63, 3.8) is 0 Å². The average Bonchev–Trinajstić information content (AvgIpc) is 3.15. The smallest absolute Gasteiger partial charge is 0.251 e. The van der Waals surface area contributed by atoms with Crippen molar-refractivity contribution in [1.82, 2.24) is 20.1 Å². The van der Waals surface area contributed by atoms with Gasteiger partial charge < -0.3 is 10.1 Å². The molecule has 1 N–H and O–H groups in total. The Balaban J connectivity index is 1.68. The van der Waals surface area contributed by atoms with E-state index >= 15 is 0 Å². The fraction of sp³-hybridized carbons (Fsp3) is 0.250. The topological polar surface area (TPSA) is 69.0 Å². The Morgan fingerprint density at radius 2 is 2.00 bits per heavy atom. The van der Waals surface area contributed by atoms with E-state index in [0.29, 0.717) is 12.1 Å². The van der Waals surface area contributed by atoms with Crippen molar-refractivity contribution in [2.24, 2.45) is 0 Å². The molecule has 6 heteroatoms. The number of carbonyl (C=O) groups excluding carboxylic acids is 1. The molecule has 0 saturated heterocycles. The van der Waals surface area contributed by atoms with Crippen LogP contribution in [0.15, 0.2) is 55.1 Å². The molecule has 0 bridgehead atoms. The number of aromatic nitrogens is 3. The maximum absolute atomic E-state index is 12.6. The van der Waals surface area contributed by atoms with Crippen LogP contribution in [0.25, 0.3) is 0 Å². The van der Waals surface area contributed by atoms with Crippen molar-refractivity contribution in [3.05, 3.63) is 77.4 Å². The number of nitrogens with one attached hydrogen (secondary N) is 1. The maximum Gasteiger partial charge on any atom is 0.251 e. The summed E-state index contributed by atoms with van der Waals surface area (Å²) >= 11 is 0. The van der Waals surface area contributed by atoms with E-state index in [9.17, 15) is 4.79 Å². The fourth-order valence-electron chi connectivity index (χ4n) is 2.81. The molecule has 0 aliphatic carbocycles. The molecular formula is C20H22N4O2. The van der Waals surface area contributed by atoms with Gasteiger partial charge in [-0.25, -0.2) is 9.67 Å². The number of hydrogen-bond donors (Lipinski definition) is 1. The number of rotatable bonds is 6. The van der Waals surface area contributed by atoms with E-state index in [1.54, 1.807) is 18.1 Å². The number of ether oxygens (including phenoxy) is 1. The molecule has 0 unspecified atom stereocenters. The van der Waals surface area contributed by atoms with Crippen molar-refractivity contribution >= 4 is 5.91 Å². The van der Waals surface area contributed by atoms with Crippen molar-refractivity contribution in [2.45, 2.75) is 26.4 Å². The second-order valence-corrected chi connectivity index (χ2v) is 6.23. The lowest BCUT2D eigenvalue weighted by Crippen LogP contribution is -2.27. The van der Waals surface area contributed by atoms with Gasteiger partial charge in [0.1, 0.15) is 18.4 Å². The number of amides is 1. The van der Waals surface area contributed by atoms with Crippen LogP contribution < -0.4 is 10.1 Å². The normalized spacial score (nSPS) is 11.8. The van der Waals surface area contributed by atoms with Crippen molar-refractivity contribution < 1.29 is 9.53 Å². The van der Waals surface area contributed by atoms with Gasteiger partial charge >= 0.3 is 0 Å². The van der Waals surface area contributed by atoms with Gasteiger partial charge in [-0.05, 0) is 37.6 Å². The van der Waals surface area contributed by atoms with Crippen molar-refractivity contribution in [1.29, 1.82) is 0 Å². The van der Waals surface area contributed by atoms with Gasteiger partial charge in [-0.3, -0.25) is 4.79 Å². The summed E-state index contributed by atoms with van der Waals surface area (Å²) in [5, 5.41) is 7.11. The van der Waals surface area contributed by atoms with E-state index in [-0.39, 0.29) is 11.9 Å². The zero-order valence-electron chi connectivity index (χ0n) is 15.1. The van der Waals surface area contributed by atoms with E-state index in [4.69, 9.17) is 4.74 Å². The second-order valence-electron chi connectivity index (χ2n) is 6.23. The Kier molecular flexibility index (Phi) is 5.31. The lowest BCUT2D eigenvalue weighted by Gasteiger charge is -2.18. The van der Waals surface area contributed by atoms with Gasteiger partial charge in [0, 0.05) is 11.1 Å². The van der Waals surface area contributed by atoms with Crippen LogP contribution in [0.5, 0.6) is 5.75 Å². The third-order valence-electron chi connectivity index (χ3n) is 4.23. The van der Waals surface area contributed by atoms with Crippen LogP contribution >= 0.6 is 0 Å². The molecule has 2 aromatic carbocycles. The molecule has 0 aliphatic rings. The molecule has 6 nitrogen and oxygen atoms in total. The first-order valence-electron chi connectivity index (χ1n) is 8.43.